The highest BCUT2D eigenvalue weighted by Gasteiger charge is 2.49. The molecule has 2 heterocycles. The number of amides is 1. The Bertz CT molecular complexity index is 703. The standard InChI is InChI=1S/C21H30F2N2O3/c1-3-25-10-8-21(9-11-25)14-20(2,27)18(13-28-21)24-19(26)7-5-15-4-6-16(22)17(23)12-15/h4,6,12,18,27H,3,5,7-11,13-14H2,1-2H3,(H,24,26)/t18-,20-/m0/s1. The number of carbonyl (C=O) groups excluding carboxylic acids is 1. The molecule has 2 aliphatic rings. The number of aryl methyl sites for hydroxylation is 1. The molecular formula is C21H30F2N2O3. The number of nitrogens with zero attached hydrogens (tertiary/aromatic N) is 1. The van der Waals surface area contributed by atoms with Gasteiger partial charge in [0.2, 0.25) is 5.91 Å². The van der Waals surface area contributed by atoms with Crippen LogP contribution in [0.3, 0.4) is 0 Å². The molecular weight excluding hydrogens is 366 g/mol. The number of benzene rings is 1. The maximum atomic E-state index is 13.3. The van der Waals surface area contributed by atoms with Crippen LogP contribution >= 0.6 is 0 Å². The van der Waals surface area contributed by atoms with Crippen LogP contribution in [-0.4, -0.2) is 59.4 Å². The SMILES string of the molecule is CCN1CCC2(CC1)C[C@](C)(O)[C@@H](NC(=O)CCc1ccc(F)c(F)c1)CO2. The zero-order valence-corrected chi connectivity index (χ0v) is 16.6. The topological polar surface area (TPSA) is 61.8 Å². The second kappa shape index (κ2) is 8.43. The molecule has 1 aromatic rings. The summed E-state index contributed by atoms with van der Waals surface area (Å²) in [5.74, 6) is -2.06. The van der Waals surface area contributed by atoms with Crippen molar-refractivity contribution in [2.75, 3.05) is 26.2 Å². The maximum absolute atomic E-state index is 13.3. The van der Waals surface area contributed by atoms with E-state index in [0.717, 1.165) is 44.6 Å². The van der Waals surface area contributed by atoms with Crippen LogP contribution in [-0.2, 0) is 16.0 Å². The predicted molar refractivity (Wildman–Crippen MR) is 102 cm³/mol. The van der Waals surface area contributed by atoms with Crippen LogP contribution in [0.25, 0.3) is 0 Å². The fraction of sp³-hybridized carbons (Fsp3) is 0.667. The van der Waals surface area contributed by atoms with Gasteiger partial charge in [0.25, 0.3) is 0 Å². The highest BCUT2D eigenvalue weighted by molar-refractivity contribution is 5.76. The van der Waals surface area contributed by atoms with Gasteiger partial charge in [0, 0.05) is 25.9 Å². The summed E-state index contributed by atoms with van der Waals surface area (Å²) in [6.45, 7) is 7.10. The quantitative estimate of drug-likeness (QED) is 0.803. The molecule has 156 valence electrons. The Morgan fingerprint density at radius 3 is 2.64 bits per heavy atom. The van der Waals surface area contributed by atoms with E-state index in [9.17, 15) is 18.7 Å². The summed E-state index contributed by atoms with van der Waals surface area (Å²) >= 11 is 0. The number of ether oxygens (including phenoxy) is 1. The van der Waals surface area contributed by atoms with Crippen LogP contribution in [0.2, 0.25) is 0 Å². The largest absolute Gasteiger partial charge is 0.388 e. The second-order valence-electron chi connectivity index (χ2n) is 8.33. The van der Waals surface area contributed by atoms with Gasteiger partial charge in [-0.2, -0.15) is 0 Å². The van der Waals surface area contributed by atoms with Gasteiger partial charge in [-0.15, -0.1) is 0 Å². The fourth-order valence-electron chi connectivity index (χ4n) is 4.28. The fourth-order valence-corrected chi connectivity index (χ4v) is 4.28. The molecule has 2 N–H and O–H groups in total. The van der Waals surface area contributed by atoms with Gasteiger partial charge in [-0.05, 0) is 50.4 Å². The number of hydrogen-bond acceptors (Lipinski definition) is 4. The molecule has 0 unspecified atom stereocenters. The molecule has 1 aromatic carbocycles. The van der Waals surface area contributed by atoms with Crippen LogP contribution in [0.4, 0.5) is 8.78 Å². The second-order valence-corrected chi connectivity index (χ2v) is 8.33. The lowest BCUT2D eigenvalue weighted by Gasteiger charge is -2.51. The molecule has 0 bridgehead atoms. The molecule has 1 spiro atoms. The molecule has 7 heteroatoms. The van der Waals surface area contributed by atoms with Crippen LogP contribution in [0.15, 0.2) is 18.2 Å². The first-order valence-electron chi connectivity index (χ1n) is 10.0. The number of likely N-dealkylation sites (tertiary alicyclic amines) is 1. The Hall–Kier alpha value is -1.57. The van der Waals surface area contributed by atoms with E-state index in [1.807, 2.05) is 0 Å². The van der Waals surface area contributed by atoms with Gasteiger partial charge in [0.1, 0.15) is 0 Å². The van der Waals surface area contributed by atoms with Crippen molar-refractivity contribution >= 4 is 5.91 Å². The van der Waals surface area contributed by atoms with Crippen molar-refractivity contribution in [3.63, 3.8) is 0 Å². The molecule has 0 saturated carbocycles. The van der Waals surface area contributed by atoms with Crippen molar-refractivity contribution < 1.29 is 23.4 Å². The van der Waals surface area contributed by atoms with E-state index in [1.54, 1.807) is 6.92 Å². The van der Waals surface area contributed by atoms with Crippen molar-refractivity contribution in [3.05, 3.63) is 35.4 Å². The van der Waals surface area contributed by atoms with E-state index in [-0.39, 0.29) is 24.5 Å². The molecule has 2 fully saturated rings. The van der Waals surface area contributed by atoms with Crippen molar-refractivity contribution in [1.82, 2.24) is 10.2 Å². The number of carbonyl (C=O) groups is 1. The summed E-state index contributed by atoms with van der Waals surface area (Å²) in [5, 5.41) is 13.8. The molecule has 0 radical (unpaired) electrons. The first kappa shape index (κ1) is 21.1. The van der Waals surface area contributed by atoms with Gasteiger partial charge < -0.3 is 20.1 Å². The van der Waals surface area contributed by atoms with E-state index < -0.39 is 23.3 Å². The van der Waals surface area contributed by atoms with Gasteiger partial charge in [-0.25, -0.2) is 8.78 Å². The minimum absolute atomic E-state index is 0.133. The molecule has 2 aliphatic heterocycles. The summed E-state index contributed by atoms with van der Waals surface area (Å²) in [6, 6.07) is 3.15. The molecule has 0 aromatic heterocycles. The number of nitrogens with one attached hydrogen (secondary N) is 1. The summed E-state index contributed by atoms with van der Waals surface area (Å²) in [7, 11) is 0. The summed E-state index contributed by atoms with van der Waals surface area (Å²) in [4.78, 5) is 14.7. The normalized spacial score (nSPS) is 27.7. The van der Waals surface area contributed by atoms with Gasteiger partial charge >= 0.3 is 0 Å². The molecule has 5 nitrogen and oxygen atoms in total. The predicted octanol–water partition coefficient (Wildman–Crippen LogP) is 2.41. The Labute approximate surface area is 165 Å². The Morgan fingerprint density at radius 1 is 1.32 bits per heavy atom. The smallest absolute Gasteiger partial charge is 0.220 e. The molecule has 3 rings (SSSR count). The zero-order chi connectivity index (χ0) is 20.4. The molecule has 2 saturated heterocycles. The molecule has 2 atom stereocenters. The highest BCUT2D eigenvalue weighted by atomic mass is 19.2. The minimum atomic E-state index is -1.05. The maximum Gasteiger partial charge on any atom is 0.220 e. The summed E-state index contributed by atoms with van der Waals surface area (Å²) < 4.78 is 32.4. The third-order valence-electron chi connectivity index (χ3n) is 6.16. The first-order valence-corrected chi connectivity index (χ1v) is 10.0. The van der Waals surface area contributed by atoms with Gasteiger partial charge in [0.05, 0.1) is 23.9 Å². The van der Waals surface area contributed by atoms with E-state index >= 15 is 0 Å². The number of aliphatic hydroxyl groups is 1. The Morgan fingerprint density at radius 2 is 2.04 bits per heavy atom. The van der Waals surface area contributed by atoms with Crippen LogP contribution < -0.4 is 5.32 Å². The minimum Gasteiger partial charge on any atom is -0.388 e. The molecule has 1 amide bonds. The number of rotatable bonds is 5. The van der Waals surface area contributed by atoms with E-state index in [2.05, 4.69) is 17.1 Å². The third kappa shape index (κ3) is 4.88. The van der Waals surface area contributed by atoms with Gasteiger partial charge in [-0.1, -0.05) is 13.0 Å². The first-order chi connectivity index (χ1) is 13.2. The third-order valence-corrected chi connectivity index (χ3v) is 6.16. The average Bonchev–Trinajstić information content (AvgIpc) is 2.65. The highest BCUT2D eigenvalue weighted by Crippen LogP contribution is 2.39. The van der Waals surface area contributed by atoms with Crippen molar-refractivity contribution in [1.29, 1.82) is 0 Å². The number of halogens is 2. The van der Waals surface area contributed by atoms with E-state index in [1.165, 1.54) is 6.07 Å². The van der Waals surface area contributed by atoms with Crippen molar-refractivity contribution in [2.24, 2.45) is 0 Å². The van der Waals surface area contributed by atoms with Crippen molar-refractivity contribution in [2.45, 2.75) is 63.2 Å². The summed E-state index contributed by atoms with van der Waals surface area (Å²) in [6.07, 6.45) is 2.69. The zero-order valence-electron chi connectivity index (χ0n) is 16.6. The lowest BCUT2D eigenvalue weighted by molar-refractivity contribution is -0.189. The van der Waals surface area contributed by atoms with Crippen LogP contribution in [0.5, 0.6) is 0 Å². The number of hydrogen-bond donors (Lipinski definition) is 2. The van der Waals surface area contributed by atoms with E-state index in [4.69, 9.17) is 4.74 Å². The van der Waals surface area contributed by atoms with E-state index in [0.29, 0.717) is 18.4 Å². The van der Waals surface area contributed by atoms with Gasteiger partial charge in [-0.3, -0.25) is 4.79 Å². The molecule has 0 aliphatic carbocycles. The number of piperidine rings is 1. The monoisotopic (exact) mass is 396 g/mol. The van der Waals surface area contributed by atoms with Crippen LogP contribution in [0, 0.1) is 11.6 Å². The molecule has 28 heavy (non-hydrogen) atoms. The lowest BCUT2D eigenvalue weighted by Crippen LogP contribution is -2.63. The average molecular weight is 396 g/mol. The summed E-state index contributed by atoms with van der Waals surface area (Å²) in [5.41, 5.74) is -0.811. The Balaban J connectivity index is 1.52. The lowest BCUT2D eigenvalue weighted by atomic mass is 9.75. The van der Waals surface area contributed by atoms with Crippen molar-refractivity contribution in [3.8, 4) is 0 Å². The van der Waals surface area contributed by atoms with Gasteiger partial charge in [0.15, 0.2) is 11.6 Å². The van der Waals surface area contributed by atoms with Crippen LogP contribution in [0.1, 0.15) is 45.1 Å². The Kier molecular flexibility index (Phi) is 6.37.